The van der Waals surface area contributed by atoms with Gasteiger partial charge in [0.2, 0.25) is 0 Å². The monoisotopic (exact) mass is 264 g/mol. The largest absolute Gasteiger partial charge is 0.443 e. The fraction of sp³-hybridized carbons (Fsp3) is 0.143. The van der Waals surface area contributed by atoms with E-state index in [0.29, 0.717) is 10.9 Å². The van der Waals surface area contributed by atoms with Gasteiger partial charge in [-0.15, -0.1) is 0 Å². The Hall–Kier alpha value is -1.75. The standard InChI is InChI=1S/C14H12BF3O/c1-10-2-6-12(7-3-10)15(19)13-8-4-11(5-9-13)14(16,17)18/h2-9,19H,1H3. The molecule has 0 fully saturated rings. The van der Waals surface area contributed by atoms with Crippen LogP contribution in [0.1, 0.15) is 11.1 Å². The lowest BCUT2D eigenvalue weighted by molar-refractivity contribution is -0.137. The summed E-state index contributed by atoms with van der Waals surface area (Å²) in [5, 5.41) is 10.1. The van der Waals surface area contributed by atoms with E-state index in [2.05, 4.69) is 0 Å². The van der Waals surface area contributed by atoms with Gasteiger partial charge in [0.05, 0.1) is 5.56 Å². The van der Waals surface area contributed by atoms with Crippen molar-refractivity contribution in [3.63, 3.8) is 0 Å². The highest BCUT2D eigenvalue weighted by atomic mass is 19.4. The second-order valence-electron chi connectivity index (χ2n) is 4.43. The summed E-state index contributed by atoms with van der Waals surface area (Å²) in [6.07, 6.45) is -4.35. The lowest BCUT2D eigenvalue weighted by atomic mass is 9.56. The molecule has 98 valence electrons. The molecule has 0 aromatic heterocycles. The molecule has 2 aromatic carbocycles. The van der Waals surface area contributed by atoms with E-state index >= 15 is 0 Å². The molecule has 0 atom stereocenters. The Morgan fingerprint density at radius 3 is 1.68 bits per heavy atom. The molecule has 0 heterocycles. The number of benzene rings is 2. The molecule has 0 bridgehead atoms. The smallest absolute Gasteiger partial charge is 0.416 e. The maximum Gasteiger partial charge on any atom is 0.416 e. The molecule has 1 N–H and O–H groups in total. The van der Waals surface area contributed by atoms with Crippen LogP contribution in [-0.4, -0.2) is 11.9 Å². The molecule has 0 aliphatic heterocycles. The molecule has 2 rings (SSSR count). The lowest BCUT2D eigenvalue weighted by Crippen LogP contribution is -2.42. The maximum absolute atomic E-state index is 12.4. The van der Waals surface area contributed by atoms with Crippen molar-refractivity contribution in [2.45, 2.75) is 13.1 Å². The van der Waals surface area contributed by atoms with E-state index in [1.165, 1.54) is 12.1 Å². The molecule has 0 unspecified atom stereocenters. The Balaban J connectivity index is 2.25. The van der Waals surface area contributed by atoms with Gasteiger partial charge in [-0.2, -0.15) is 13.2 Å². The fourth-order valence-electron chi connectivity index (χ4n) is 1.80. The molecule has 0 radical (unpaired) electrons. The van der Waals surface area contributed by atoms with Gasteiger partial charge in [0.25, 0.3) is 0 Å². The van der Waals surface area contributed by atoms with E-state index in [4.69, 9.17) is 0 Å². The number of hydrogen-bond donors (Lipinski definition) is 1. The van der Waals surface area contributed by atoms with Crippen LogP contribution in [-0.2, 0) is 6.18 Å². The minimum atomic E-state index is -4.35. The predicted molar refractivity (Wildman–Crippen MR) is 69.9 cm³/mol. The van der Waals surface area contributed by atoms with Gasteiger partial charge in [0.1, 0.15) is 0 Å². The van der Waals surface area contributed by atoms with Crippen molar-refractivity contribution < 1.29 is 18.2 Å². The third-order valence-electron chi connectivity index (χ3n) is 2.95. The van der Waals surface area contributed by atoms with Gasteiger partial charge >= 0.3 is 13.1 Å². The zero-order chi connectivity index (χ0) is 14.0. The fourth-order valence-corrected chi connectivity index (χ4v) is 1.80. The third-order valence-corrected chi connectivity index (χ3v) is 2.95. The molecule has 19 heavy (non-hydrogen) atoms. The van der Waals surface area contributed by atoms with E-state index in [-0.39, 0.29) is 0 Å². The van der Waals surface area contributed by atoms with Crippen molar-refractivity contribution in [1.29, 1.82) is 0 Å². The normalized spacial score (nSPS) is 11.4. The molecule has 0 spiro atoms. The highest BCUT2D eigenvalue weighted by Gasteiger charge is 2.30. The Bertz CT molecular complexity index is 546. The third kappa shape index (κ3) is 3.17. The topological polar surface area (TPSA) is 20.2 Å². The number of hydrogen-bond acceptors (Lipinski definition) is 1. The van der Waals surface area contributed by atoms with Crippen LogP contribution in [0, 0.1) is 6.92 Å². The first-order chi connectivity index (χ1) is 8.88. The summed E-state index contributed by atoms with van der Waals surface area (Å²) in [6, 6.07) is 11.8. The van der Waals surface area contributed by atoms with Crippen LogP contribution < -0.4 is 10.9 Å². The van der Waals surface area contributed by atoms with Gasteiger partial charge in [-0.05, 0) is 17.8 Å². The Labute approximate surface area is 109 Å². The summed E-state index contributed by atoms with van der Waals surface area (Å²) >= 11 is 0. The average Bonchev–Trinajstić information content (AvgIpc) is 2.38. The maximum atomic E-state index is 12.4. The molecule has 0 aliphatic rings. The van der Waals surface area contributed by atoms with Crippen LogP contribution in [0.25, 0.3) is 0 Å². The predicted octanol–water partition coefficient (Wildman–Crippen LogP) is 2.11. The highest BCUT2D eigenvalue weighted by Crippen LogP contribution is 2.28. The second-order valence-corrected chi connectivity index (χ2v) is 4.43. The molecule has 1 nitrogen and oxygen atoms in total. The Morgan fingerprint density at radius 1 is 0.842 bits per heavy atom. The summed E-state index contributed by atoms with van der Waals surface area (Å²) in [5.41, 5.74) is 1.44. The van der Waals surface area contributed by atoms with Gasteiger partial charge < -0.3 is 5.02 Å². The highest BCUT2D eigenvalue weighted by molar-refractivity contribution is 6.78. The van der Waals surface area contributed by atoms with Crippen LogP contribution >= 0.6 is 0 Å². The number of aryl methyl sites for hydroxylation is 1. The molecular weight excluding hydrogens is 252 g/mol. The first-order valence-electron chi connectivity index (χ1n) is 5.80. The minimum absolute atomic E-state index is 0.442. The quantitative estimate of drug-likeness (QED) is 0.824. The summed E-state index contributed by atoms with van der Waals surface area (Å²) in [4.78, 5) is 0. The van der Waals surface area contributed by atoms with Crippen LogP contribution in [0.5, 0.6) is 0 Å². The van der Waals surface area contributed by atoms with Gasteiger partial charge in [0.15, 0.2) is 0 Å². The van der Waals surface area contributed by atoms with Gasteiger partial charge in [0, 0.05) is 0 Å². The van der Waals surface area contributed by atoms with Crippen molar-refractivity contribution in [2.24, 2.45) is 0 Å². The van der Waals surface area contributed by atoms with Crippen LogP contribution in [0.2, 0.25) is 0 Å². The zero-order valence-corrected chi connectivity index (χ0v) is 10.3. The summed E-state index contributed by atoms with van der Waals surface area (Å²) in [5.74, 6) is 0. The number of alkyl halides is 3. The minimum Gasteiger partial charge on any atom is -0.443 e. The van der Waals surface area contributed by atoms with Crippen molar-refractivity contribution in [3.05, 3.63) is 59.7 Å². The first kappa shape index (κ1) is 13.7. The van der Waals surface area contributed by atoms with E-state index in [1.54, 1.807) is 12.1 Å². The van der Waals surface area contributed by atoms with Crippen molar-refractivity contribution in [2.75, 3.05) is 0 Å². The molecule has 0 saturated carbocycles. The van der Waals surface area contributed by atoms with Gasteiger partial charge in [-0.1, -0.05) is 54.1 Å². The van der Waals surface area contributed by atoms with Gasteiger partial charge in [-0.3, -0.25) is 0 Å². The van der Waals surface area contributed by atoms with Crippen molar-refractivity contribution in [1.82, 2.24) is 0 Å². The van der Waals surface area contributed by atoms with Crippen LogP contribution in [0.15, 0.2) is 48.5 Å². The summed E-state index contributed by atoms with van der Waals surface area (Å²) in [6.45, 7) is 1.01. The van der Waals surface area contributed by atoms with Crippen molar-refractivity contribution >= 4 is 17.8 Å². The van der Waals surface area contributed by atoms with Crippen LogP contribution in [0.3, 0.4) is 0 Å². The van der Waals surface area contributed by atoms with Crippen molar-refractivity contribution in [3.8, 4) is 0 Å². The number of halogens is 3. The lowest BCUT2D eigenvalue weighted by Gasteiger charge is -2.10. The molecule has 2 aromatic rings. The molecular formula is C14H12BF3O. The Kier molecular flexibility index (Phi) is 3.67. The second kappa shape index (κ2) is 5.09. The van der Waals surface area contributed by atoms with E-state index in [1.807, 2.05) is 19.1 Å². The van der Waals surface area contributed by atoms with Crippen LogP contribution in [0.4, 0.5) is 13.2 Å². The zero-order valence-electron chi connectivity index (χ0n) is 10.3. The van der Waals surface area contributed by atoms with E-state index in [9.17, 15) is 18.2 Å². The molecule has 0 amide bonds. The SMILES string of the molecule is Cc1ccc(B(O)c2ccc(C(F)(F)F)cc2)cc1. The molecule has 0 saturated heterocycles. The molecule has 5 heteroatoms. The first-order valence-corrected chi connectivity index (χ1v) is 5.80. The van der Waals surface area contributed by atoms with Gasteiger partial charge in [-0.25, -0.2) is 0 Å². The van der Waals surface area contributed by atoms with E-state index in [0.717, 1.165) is 17.7 Å². The summed E-state index contributed by atoms with van der Waals surface area (Å²) < 4.78 is 37.3. The summed E-state index contributed by atoms with van der Waals surface area (Å²) in [7, 11) is 0. The average molecular weight is 264 g/mol. The Morgan fingerprint density at radius 2 is 1.26 bits per heavy atom. The van der Waals surface area contributed by atoms with E-state index < -0.39 is 18.7 Å². The molecule has 0 aliphatic carbocycles. The number of rotatable bonds is 2.